The Balaban J connectivity index is 1.43. The minimum absolute atomic E-state index is 0.106. The maximum Gasteiger partial charge on any atom is 0.259 e. The van der Waals surface area contributed by atoms with Crippen molar-refractivity contribution in [3.63, 3.8) is 0 Å². The lowest BCUT2D eigenvalue weighted by atomic mass is 10.1. The molecule has 1 aliphatic heterocycles. The van der Waals surface area contributed by atoms with E-state index in [0.717, 1.165) is 35.5 Å². The molecule has 0 unspecified atom stereocenters. The molecule has 1 saturated heterocycles. The summed E-state index contributed by atoms with van der Waals surface area (Å²) in [6.45, 7) is 1.98. The Bertz CT molecular complexity index is 1100. The molecule has 0 bridgehead atoms. The highest BCUT2D eigenvalue weighted by atomic mass is 35.5. The summed E-state index contributed by atoms with van der Waals surface area (Å²) in [4.78, 5) is 13.2. The SMILES string of the molecule is Cc1ccc(-n2ncc(C(=O)Nc3cccc(C4SCCS4)c3)c2C2CC2)cc1Cl. The predicted molar refractivity (Wildman–Crippen MR) is 127 cm³/mol. The highest BCUT2D eigenvalue weighted by Gasteiger charge is 2.33. The molecule has 0 radical (unpaired) electrons. The van der Waals surface area contributed by atoms with Crippen LogP contribution >= 0.6 is 35.1 Å². The third kappa shape index (κ3) is 4.01. The average molecular weight is 456 g/mol. The van der Waals surface area contributed by atoms with Crippen molar-refractivity contribution in [2.24, 2.45) is 0 Å². The van der Waals surface area contributed by atoms with Gasteiger partial charge in [0.1, 0.15) is 0 Å². The summed E-state index contributed by atoms with van der Waals surface area (Å²) >= 11 is 10.3. The first-order valence-corrected chi connectivity index (χ1v) is 12.6. The van der Waals surface area contributed by atoms with Crippen molar-refractivity contribution in [1.82, 2.24) is 9.78 Å². The number of thioether (sulfide) groups is 2. The number of nitrogens with one attached hydrogen (secondary N) is 1. The van der Waals surface area contributed by atoms with Gasteiger partial charge in [0.2, 0.25) is 0 Å². The van der Waals surface area contributed by atoms with Gasteiger partial charge in [0.25, 0.3) is 5.91 Å². The fourth-order valence-corrected chi connectivity index (χ4v) is 6.73. The molecule has 3 aromatic rings. The van der Waals surface area contributed by atoms with E-state index in [1.165, 1.54) is 17.1 Å². The van der Waals surface area contributed by atoms with Gasteiger partial charge in [-0.3, -0.25) is 4.79 Å². The van der Waals surface area contributed by atoms with Gasteiger partial charge in [0.05, 0.1) is 27.7 Å². The zero-order valence-corrected chi connectivity index (χ0v) is 19.0. The van der Waals surface area contributed by atoms with Crippen molar-refractivity contribution in [3.8, 4) is 5.69 Å². The number of aromatic nitrogens is 2. The normalized spacial score (nSPS) is 16.7. The summed E-state index contributed by atoms with van der Waals surface area (Å²) < 4.78 is 2.33. The topological polar surface area (TPSA) is 46.9 Å². The van der Waals surface area contributed by atoms with E-state index >= 15 is 0 Å². The zero-order valence-electron chi connectivity index (χ0n) is 16.6. The van der Waals surface area contributed by atoms with Crippen molar-refractivity contribution in [3.05, 3.63) is 76.1 Å². The van der Waals surface area contributed by atoms with Gasteiger partial charge < -0.3 is 5.32 Å². The van der Waals surface area contributed by atoms with E-state index in [1.54, 1.807) is 6.20 Å². The van der Waals surface area contributed by atoms with Crippen LogP contribution in [-0.2, 0) is 0 Å². The second-order valence-corrected chi connectivity index (χ2v) is 10.8. The summed E-state index contributed by atoms with van der Waals surface area (Å²) in [5, 5.41) is 8.35. The van der Waals surface area contributed by atoms with Crippen molar-refractivity contribution < 1.29 is 4.79 Å². The average Bonchev–Trinajstić information content (AvgIpc) is 3.26. The molecule has 1 aliphatic carbocycles. The molecule has 1 N–H and O–H groups in total. The summed E-state index contributed by atoms with van der Waals surface area (Å²) in [6, 6.07) is 14.1. The first-order chi connectivity index (χ1) is 14.6. The zero-order chi connectivity index (χ0) is 20.7. The molecular formula is C23H22ClN3OS2. The molecule has 1 amide bonds. The van der Waals surface area contributed by atoms with Crippen LogP contribution in [-0.4, -0.2) is 27.2 Å². The standard InChI is InChI=1S/C23H22ClN3OS2/c1-14-5-8-18(12-20(14)24)27-21(15-6-7-15)19(13-25-27)22(28)26-17-4-2-3-16(11-17)23-29-9-10-30-23/h2-5,8,11-13,15,23H,6-7,9-10H2,1H3,(H,26,28). The Labute approximate surface area is 189 Å². The highest BCUT2D eigenvalue weighted by Crippen LogP contribution is 2.46. The molecule has 1 saturated carbocycles. The number of hydrogen-bond donors (Lipinski definition) is 1. The van der Waals surface area contributed by atoms with Gasteiger partial charge in [-0.1, -0.05) is 29.8 Å². The second kappa shape index (κ2) is 8.33. The van der Waals surface area contributed by atoms with Crippen LogP contribution in [0.4, 0.5) is 5.69 Å². The van der Waals surface area contributed by atoms with Crippen LogP contribution in [0.5, 0.6) is 0 Å². The molecule has 5 rings (SSSR count). The number of benzene rings is 2. The fraction of sp³-hybridized carbons (Fsp3) is 0.304. The number of anilines is 1. The van der Waals surface area contributed by atoms with Gasteiger partial charge >= 0.3 is 0 Å². The molecule has 0 spiro atoms. The molecule has 0 atom stereocenters. The summed E-state index contributed by atoms with van der Waals surface area (Å²) in [5.41, 5.74) is 5.63. The first-order valence-electron chi connectivity index (χ1n) is 10.1. The summed E-state index contributed by atoms with van der Waals surface area (Å²) in [6.07, 6.45) is 3.84. The molecular weight excluding hydrogens is 434 g/mol. The van der Waals surface area contributed by atoms with Crippen molar-refractivity contribution in [2.75, 3.05) is 16.8 Å². The monoisotopic (exact) mass is 455 g/mol. The van der Waals surface area contributed by atoms with Crippen molar-refractivity contribution in [1.29, 1.82) is 0 Å². The number of amides is 1. The number of halogens is 1. The third-order valence-electron chi connectivity index (χ3n) is 5.45. The molecule has 154 valence electrons. The smallest absolute Gasteiger partial charge is 0.259 e. The Morgan fingerprint density at radius 2 is 1.97 bits per heavy atom. The number of carbonyl (C=O) groups excluding carboxylic acids is 1. The number of rotatable bonds is 5. The lowest BCUT2D eigenvalue weighted by molar-refractivity contribution is 0.102. The van der Waals surface area contributed by atoms with Gasteiger partial charge in [-0.15, -0.1) is 23.5 Å². The number of hydrogen-bond acceptors (Lipinski definition) is 4. The van der Waals surface area contributed by atoms with Gasteiger partial charge in [-0.05, 0) is 55.2 Å². The van der Waals surface area contributed by atoms with E-state index in [9.17, 15) is 4.79 Å². The number of aryl methyl sites for hydroxylation is 1. The molecule has 1 aromatic heterocycles. The minimum atomic E-state index is -0.106. The molecule has 2 aromatic carbocycles. The Morgan fingerprint density at radius 3 is 2.70 bits per heavy atom. The van der Waals surface area contributed by atoms with Gasteiger partial charge in [0, 0.05) is 28.1 Å². The molecule has 2 fully saturated rings. The van der Waals surface area contributed by atoms with E-state index in [0.29, 0.717) is 21.1 Å². The van der Waals surface area contributed by atoms with E-state index in [4.69, 9.17) is 11.6 Å². The Kier molecular flexibility index (Phi) is 5.56. The maximum atomic E-state index is 13.2. The Hall–Kier alpha value is -1.89. The molecule has 2 aliphatic rings. The summed E-state index contributed by atoms with van der Waals surface area (Å²) in [7, 11) is 0. The highest BCUT2D eigenvalue weighted by molar-refractivity contribution is 8.19. The van der Waals surface area contributed by atoms with Crippen LogP contribution in [0.25, 0.3) is 5.69 Å². The first kappa shape index (κ1) is 20.0. The van der Waals surface area contributed by atoms with Crippen molar-refractivity contribution in [2.45, 2.75) is 30.3 Å². The lowest BCUT2D eigenvalue weighted by Crippen LogP contribution is -2.14. The van der Waals surface area contributed by atoms with Crippen molar-refractivity contribution >= 4 is 46.7 Å². The van der Waals surface area contributed by atoms with E-state index in [-0.39, 0.29) is 5.91 Å². The molecule has 30 heavy (non-hydrogen) atoms. The lowest BCUT2D eigenvalue weighted by Gasteiger charge is -2.12. The minimum Gasteiger partial charge on any atom is -0.322 e. The summed E-state index contributed by atoms with van der Waals surface area (Å²) in [5.74, 6) is 2.62. The van der Waals surface area contributed by atoms with Crippen LogP contribution in [0.1, 0.15) is 50.5 Å². The van der Waals surface area contributed by atoms with Gasteiger partial charge in [0.15, 0.2) is 0 Å². The fourth-order valence-electron chi connectivity index (χ4n) is 3.71. The Morgan fingerprint density at radius 1 is 1.17 bits per heavy atom. The van der Waals surface area contributed by atoms with Gasteiger partial charge in [-0.2, -0.15) is 5.10 Å². The number of carbonyl (C=O) groups is 1. The second-order valence-electron chi connectivity index (χ2n) is 7.72. The van der Waals surface area contributed by atoms with Crippen LogP contribution in [0.15, 0.2) is 48.7 Å². The molecule has 7 heteroatoms. The van der Waals surface area contributed by atoms with Gasteiger partial charge in [-0.25, -0.2) is 4.68 Å². The van der Waals surface area contributed by atoms with Crippen LogP contribution < -0.4 is 5.32 Å². The molecule has 2 heterocycles. The largest absolute Gasteiger partial charge is 0.322 e. The number of nitrogens with zero attached hydrogens (tertiary/aromatic N) is 2. The maximum absolute atomic E-state index is 13.2. The van der Waals surface area contributed by atoms with Crippen LogP contribution in [0.3, 0.4) is 0 Å². The van der Waals surface area contributed by atoms with E-state index in [1.807, 2.05) is 65.5 Å². The van der Waals surface area contributed by atoms with E-state index < -0.39 is 0 Å². The third-order valence-corrected chi connectivity index (χ3v) is 8.97. The van der Waals surface area contributed by atoms with Crippen LogP contribution in [0.2, 0.25) is 5.02 Å². The molecule has 4 nitrogen and oxygen atoms in total. The quantitative estimate of drug-likeness (QED) is 0.480. The van der Waals surface area contributed by atoms with E-state index in [2.05, 4.69) is 22.5 Å². The predicted octanol–water partition coefficient (Wildman–Crippen LogP) is 6.44. The van der Waals surface area contributed by atoms with Crippen LogP contribution in [0, 0.1) is 6.92 Å².